The molecule has 0 unspecified atom stereocenters. The normalized spacial score (nSPS) is 15.9. The van der Waals surface area contributed by atoms with Crippen molar-refractivity contribution in [3.63, 3.8) is 0 Å². The van der Waals surface area contributed by atoms with Gasteiger partial charge in [-0.05, 0) is 37.0 Å². The molecule has 1 aliphatic carbocycles. The van der Waals surface area contributed by atoms with Crippen molar-refractivity contribution in [2.75, 3.05) is 6.54 Å². The molecule has 1 aromatic rings. The highest BCUT2D eigenvalue weighted by Gasteiger charge is 2.21. The van der Waals surface area contributed by atoms with Crippen LogP contribution >= 0.6 is 0 Å². The van der Waals surface area contributed by atoms with Gasteiger partial charge in [-0.1, -0.05) is 18.9 Å². The third-order valence-corrected chi connectivity index (χ3v) is 3.42. The second kappa shape index (κ2) is 5.94. The molecule has 2 rings (SSSR count). The lowest BCUT2D eigenvalue weighted by atomic mass is 10.1. The van der Waals surface area contributed by atoms with Gasteiger partial charge in [-0.25, -0.2) is 8.78 Å². The molecule has 1 aliphatic rings. The van der Waals surface area contributed by atoms with Gasteiger partial charge >= 0.3 is 0 Å². The van der Waals surface area contributed by atoms with E-state index in [1.165, 1.54) is 6.07 Å². The minimum atomic E-state index is -0.839. The van der Waals surface area contributed by atoms with Crippen LogP contribution in [0.1, 0.15) is 31.2 Å². The second-order valence-corrected chi connectivity index (χ2v) is 4.77. The SMILES string of the molecule is O=C(NCCc1ccc(F)c(F)c1)C1CCCC1. The van der Waals surface area contributed by atoms with E-state index in [4.69, 9.17) is 0 Å². The minimum Gasteiger partial charge on any atom is -0.356 e. The summed E-state index contributed by atoms with van der Waals surface area (Å²) in [7, 11) is 0. The molecular weight excluding hydrogens is 236 g/mol. The number of carbonyl (C=O) groups excluding carboxylic acids is 1. The molecule has 4 heteroatoms. The third kappa shape index (κ3) is 3.28. The number of nitrogens with one attached hydrogen (secondary N) is 1. The third-order valence-electron chi connectivity index (χ3n) is 3.42. The van der Waals surface area contributed by atoms with Crippen LogP contribution in [0.2, 0.25) is 0 Å². The summed E-state index contributed by atoms with van der Waals surface area (Å²) < 4.78 is 25.7. The van der Waals surface area contributed by atoms with Gasteiger partial charge in [0.25, 0.3) is 0 Å². The predicted molar refractivity (Wildman–Crippen MR) is 65.0 cm³/mol. The van der Waals surface area contributed by atoms with Gasteiger partial charge in [0.15, 0.2) is 11.6 Å². The van der Waals surface area contributed by atoms with Crippen molar-refractivity contribution >= 4 is 5.91 Å². The van der Waals surface area contributed by atoms with Crippen LogP contribution in [-0.4, -0.2) is 12.5 Å². The summed E-state index contributed by atoms with van der Waals surface area (Å²) in [6, 6.07) is 3.83. The molecule has 0 spiro atoms. The average molecular weight is 253 g/mol. The largest absolute Gasteiger partial charge is 0.356 e. The van der Waals surface area contributed by atoms with E-state index >= 15 is 0 Å². The van der Waals surface area contributed by atoms with E-state index in [-0.39, 0.29) is 11.8 Å². The van der Waals surface area contributed by atoms with Crippen molar-refractivity contribution in [2.24, 2.45) is 5.92 Å². The Labute approximate surface area is 105 Å². The molecule has 0 atom stereocenters. The number of benzene rings is 1. The molecule has 1 saturated carbocycles. The number of rotatable bonds is 4. The lowest BCUT2D eigenvalue weighted by Gasteiger charge is -2.10. The summed E-state index contributed by atoms with van der Waals surface area (Å²) in [6.07, 6.45) is 4.71. The standard InChI is InChI=1S/C14H17F2NO/c15-12-6-5-10(9-13(12)16)7-8-17-14(18)11-3-1-2-4-11/h5-6,9,11H,1-4,7-8H2,(H,17,18). The Morgan fingerprint density at radius 2 is 1.94 bits per heavy atom. The summed E-state index contributed by atoms with van der Waals surface area (Å²) in [5.74, 6) is -1.44. The number of hydrogen-bond donors (Lipinski definition) is 1. The average Bonchev–Trinajstić information content (AvgIpc) is 2.87. The smallest absolute Gasteiger partial charge is 0.223 e. The highest BCUT2D eigenvalue weighted by atomic mass is 19.2. The Hall–Kier alpha value is -1.45. The predicted octanol–water partition coefficient (Wildman–Crippen LogP) is 2.81. The Bertz CT molecular complexity index is 428. The molecule has 0 bridgehead atoms. The summed E-state index contributed by atoms with van der Waals surface area (Å²) >= 11 is 0. The Morgan fingerprint density at radius 1 is 1.22 bits per heavy atom. The minimum absolute atomic E-state index is 0.0927. The van der Waals surface area contributed by atoms with Crippen molar-refractivity contribution in [1.29, 1.82) is 0 Å². The first kappa shape index (κ1) is 13.0. The van der Waals surface area contributed by atoms with Gasteiger partial charge in [0, 0.05) is 12.5 Å². The zero-order valence-electron chi connectivity index (χ0n) is 10.2. The van der Waals surface area contributed by atoms with Gasteiger partial charge in [0.05, 0.1) is 0 Å². The topological polar surface area (TPSA) is 29.1 Å². The Morgan fingerprint density at radius 3 is 2.61 bits per heavy atom. The van der Waals surface area contributed by atoms with Crippen LogP contribution in [0.5, 0.6) is 0 Å². The molecule has 98 valence electrons. The van der Waals surface area contributed by atoms with E-state index in [0.717, 1.165) is 31.7 Å². The van der Waals surface area contributed by atoms with E-state index in [9.17, 15) is 13.6 Å². The summed E-state index contributed by atoms with van der Waals surface area (Å²) in [6.45, 7) is 0.473. The fourth-order valence-corrected chi connectivity index (χ4v) is 2.36. The maximum Gasteiger partial charge on any atom is 0.223 e. The van der Waals surface area contributed by atoms with Crippen molar-refractivity contribution in [3.8, 4) is 0 Å². The fraction of sp³-hybridized carbons (Fsp3) is 0.500. The van der Waals surface area contributed by atoms with Gasteiger partial charge in [0.2, 0.25) is 5.91 Å². The zero-order valence-corrected chi connectivity index (χ0v) is 10.2. The molecule has 0 aromatic heterocycles. The molecule has 1 fully saturated rings. The zero-order chi connectivity index (χ0) is 13.0. The van der Waals surface area contributed by atoms with Crippen molar-refractivity contribution in [2.45, 2.75) is 32.1 Å². The van der Waals surface area contributed by atoms with Crippen molar-refractivity contribution in [1.82, 2.24) is 5.32 Å². The van der Waals surface area contributed by atoms with Crippen LogP contribution in [0.3, 0.4) is 0 Å². The first-order chi connectivity index (χ1) is 8.66. The second-order valence-electron chi connectivity index (χ2n) is 4.77. The summed E-state index contributed by atoms with van der Waals surface area (Å²) in [4.78, 5) is 11.7. The number of halogens is 2. The molecule has 1 aromatic carbocycles. The van der Waals surface area contributed by atoms with Crippen LogP contribution in [-0.2, 0) is 11.2 Å². The van der Waals surface area contributed by atoms with Gasteiger partial charge < -0.3 is 5.32 Å². The Balaban J connectivity index is 1.77. The number of carbonyl (C=O) groups is 1. The quantitative estimate of drug-likeness (QED) is 0.878. The van der Waals surface area contributed by atoms with Crippen molar-refractivity contribution < 1.29 is 13.6 Å². The molecule has 0 heterocycles. The highest BCUT2D eigenvalue weighted by Crippen LogP contribution is 2.24. The van der Waals surface area contributed by atoms with Gasteiger partial charge in [-0.3, -0.25) is 4.79 Å². The highest BCUT2D eigenvalue weighted by molar-refractivity contribution is 5.78. The van der Waals surface area contributed by atoms with Gasteiger partial charge in [0.1, 0.15) is 0 Å². The molecule has 0 radical (unpaired) electrons. The van der Waals surface area contributed by atoms with E-state index in [2.05, 4.69) is 5.32 Å². The number of hydrogen-bond acceptors (Lipinski definition) is 1. The summed E-state index contributed by atoms with van der Waals surface area (Å²) in [5.41, 5.74) is 0.695. The van der Waals surface area contributed by atoms with E-state index < -0.39 is 11.6 Å². The van der Waals surface area contributed by atoms with Crippen LogP contribution < -0.4 is 5.32 Å². The van der Waals surface area contributed by atoms with Crippen LogP contribution in [0, 0.1) is 17.6 Å². The molecular formula is C14H17F2NO. The van der Waals surface area contributed by atoms with Gasteiger partial charge in [-0.2, -0.15) is 0 Å². The Kier molecular flexibility index (Phi) is 4.28. The molecule has 0 aliphatic heterocycles. The first-order valence-electron chi connectivity index (χ1n) is 6.38. The van der Waals surface area contributed by atoms with Crippen LogP contribution in [0.25, 0.3) is 0 Å². The molecule has 1 N–H and O–H groups in total. The maximum atomic E-state index is 12.9. The summed E-state index contributed by atoms with van der Waals surface area (Å²) in [5, 5.41) is 2.85. The fourth-order valence-electron chi connectivity index (χ4n) is 2.36. The van der Waals surface area contributed by atoms with E-state index in [1.54, 1.807) is 6.07 Å². The van der Waals surface area contributed by atoms with Crippen LogP contribution in [0.4, 0.5) is 8.78 Å². The first-order valence-corrected chi connectivity index (χ1v) is 6.38. The molecule has 1 amide bonds. The van der Waals surface area contributed by atoms with E-state index in [0.29, 0.717) is 18.5 Å². The van der Waals surface area contributed by atoms with E-state index in [1.807, 2.05) is 0 Å². The van der Waals surface area contributed by atoms with Crippen LogP contribution in [0.15, 0.2) is 18.2 Å². The molecule has 0 saturated heterocycles. The molecule has 2 nitrogen and oxygen atoms in total. The molecule has 18 heavy (non-hydrogen) atoms. The lowest BCUT2D eigenvalue weighted by Crippen LogP contribution is -2.30. The lowest BCUT2D eigenvalue weighted by molar-refractivity contribution is -0.124. The van der Waals surface area contributed by atoms with Crippen molar-refractivity contribution in [3.05, 3.63) is 35.4 Å². The number of amides is 1. The maximum absolute atomic E-state index is 12.9. The monoisotopic (exact) mass is 253 g/mol. The van der Waals surface area contributed by atoms with Gasteiger partial charge in [-0.15, -0.1) is 0 Å².